The molecule has 0 aromatic heterocycles. The molecule has 2 nitrogen and oxygen atoms in total. The highest BCUT2D eigenvalue weighted by Gasteiger charge is 2.30. The van der Waals surface area contributed by atoms with Gasteiger partial charge in [0, 0.05) is 18.7 Å². The number of nitrogens with zero attached hydrogens (tertiary/aromatic N) is 1. The molecular weight excluding hydrogens is 198 g/mol. The molecule has 0 aliphatic carbocycles. The van der Waals surface area contributed by atoms with Gasteiger partial charge in [-0.3, -0.25) is 4.79 Å². The standard InChI is InChI=1S/C14H19NO/c1-9-5-6-14-13(7-9)8-10(2)11(3)15(14)12(4)16/h5-7,10-11H,8H2,1-4H3/t10-,11+/m1/s1. The topological polar surface area (TPSA) is 20.3 Å². The molecule has 1 heterocycles. The van der Waals surface area contributed by atoms with Crippen molar-refractivity contribution in [3.63, 3.8) is 0 Å². The predicted molar refractivity (Wildman–Crippen MR) is 66.7 cm³/mol. The van der Waals surface area contributed by atoms with Crippen LogP contribution < -0.4 is 4.90 Å². The maximum Gasteiger partial charge on any atom is 0.224 e. The molecule has 2 atom stereocenters. The van der Waals surface area contributed by atoms with Gasteiger partial charge in [0.25, 0.3) is 0 Å². The third-order valence-corrected chi connectivity index (χ3v) is 3.61. The van der Waals surface area contributed by atoms with Gasteiger partial charge in [-0.15, -0.1) is 0 Å². The van der Waals surface area contributed by atoms with Crippen LogP contribution in [0.2, 0.25) is 0 Å². The number of hydrogen-bond acceptors (Lipinski definition) is 1. The van der Waals surface area contributed by atoms with E-state index in [-0.39, 0.29) is 5.91 Å². The molecule has 1 aromatic rings. The molecule has 0 saturated heterocycles. The van der Waals surface area contributed by atoms with Crippen LogP contribution in [0.25, 0.3) is 0 Å². The van der Waals surface area contributed by atoms with Gasteiger partial charge < -0.3 is 4.90 Å². The van der Waals surface area contributed by atoms with Crippen molar-refractivity contribution < 1.29 is 4.79 Å². The SMILES string of the molecule is CC(=O)N1c2ccc(C)cc2C[C@@H](C)[C@@H]1C. The Bertz CT molecular complexity index is 425. The lowest BCUT2D eigenvalue weighted by Gasteiger charge is -2.39. The minimum atomic E-state index is 0.143. The Kier molecular flexibility index (Phi) is 2.75. The highest BCUT2D eigenvalue weighted by atomic mass is 16.2. The number of rotatable bonds is 0. The van der Waals surface area contributed by atoms with Crippen LogP contribution in [0.3, 0.4) is 0 Å². The summed E-state index contributed by atoms with van der Waals surface area (Å²) in [6.45, 7) is 8.10. The van der Waals surface area contributed by atoms with E-state index in [1.807, 2.05) is 4.90 Å². The largest absolute Gasteiger partial charge is 0.309 e. The fourth-order valence-corrected chi connectivity index (χ4v) is 2.56. The van der Waals surface area contributed by atoms with E-state index in [0.29, 0.717) is 12.0 Å². The van der Waals surface area contributed by atoms with Gasteiger partial charge in [0.1, 0.15) is 0 Å². The van der Waals surface area contributed by atoms with Crippen LogP contribution in [-0.4, -0.2) is 11.9 Å². The molecule has 0 unspecified atom stereocenters. The fourth-order valence-electron chi connectivity index (χ4n) is 2.56. The first kappa shape index (κ1) is 11.2. The van der Waals surface area contributed by atoms with Crippen LogP contribution >= 0.6 is 0 Å². The number of hydrogen-bond donors (Lipinski definition) is 0. The summed E-state index contributed by atoms with van der Waals surface area (Å²) >= 11 is 0. The summed E-state index contributed by atoms with van der Waals surface area (Å²) in [4.78, 5) is 13.7. The van der Waals surface area contributed by atoms with E-state index in [1.54, 1.807) is 6.92 Å². The molecule has 86 valence electrons. The summed E-state index contributed by atoms with van der Waals surface area (Å²) in [6.07, 6.45) is 1.07. The van der Waals surface area contributed by atoms with Crippen LogP contribution in [-0.2, 0) is 11.2 Å². The summed E-state index contributed by atoms with van der Waals surface area (Å²) in [5, 5.41) is 0. The first-order chi connectivity index (χ1) is 7.50. The first-order valence-corrected chi connectivity index (χ1v) is 5.90. The van der Waals surface area contributed by atoms with E-state index in [4.69, 9.17) is 0 Å². The smallest absolute Gasteiger partial charge is 0.224 e. The van der Waals surface area contributed by atoms with Crippen LogP contribution in [0.15, 0.2) is 18.2 Å². The number of fused-ring (bicyclic) bond motifs is 1. The number of amides is 1. The molecule has 1 aliphatic heterocycles. The van der Waals surface area contributed by atoms with Crippen molar-refractivity contribution >= 4 is 11.6 Å². The minimum absolute atomic E-state index is 0.143. The Balaban J connectivity index is 2.52. The monoisotopic (exact) mass is 217 g/mol. The van der Waals surface area contributed by atoms with Crippen LogP contribution in [0.4, 0.5) is 5.69 Å². The number of carbonyl (C=O) groups excluding carboxylic acids is 1. The Morgan fingerprint density at radius 3 is 2.69 bits per heavy atom. The number of carbonyl (C=O) groups is 1. The van der Waals surface area contributed by atoms with Crippen molar-refractivity contribution in [3.05, 3.63) is 29.3 Å². The fraction of sp³-hybridized carbons (Fsp3) is 0.500. The second kappa shape index (κ2) is 3.93. The zero-order valence-corrected chi connectivity index (χ0v) is 10.4. The van der Waals surface area contributed by atoms with Gasteiger partial charge in [0.15, 0.2) is 0 Å². The zero-order chi connectivity index (χ0) is 11.9. The van der Waals surface area contributed by atoms with E-state index in [2.05, 4.69) is 39.0 Å². The van der Waals surface area contributed by atoms with Gasteiger partial charge in [0.2, 0.25) is 5.91 Å². The van der Waals surface area contributed by atoms with Gasteiger partial charge in [-0.1, -0.05) is 24.6 Å². The molecule has 0 fully saturated rings. The van der Waals surface area contributed by atoms with E-state index >= 15 is 0 Å². The summed E-state index contributed by atoms with van der Waals surface area (Å²) in [7, 11) is 0. The van der Waals surface area contributed by atoms with Crippen LogP contribution in [0.5, 0.6) is 0 Å². The molecule has 0 N–H and O–H groups in total. The van der Waals surface area contributed by atoms with Crippen LogP contribution in [0, 0.1) is 12.8 Å². The average molecular weight is 217 g/mol. The molecule has 1 amide bonds. The molecule has 2 rings (SSSR count). The third kappa shape index (κ3) is 1.73. The summed E-state index contributed by atoms with van der Waals surface area (Å²) in [5.74, 6) is 0.669. The average Bonchev–Trinajstić information content (AvgIpc) is 2.19. The Labute approximate surface area is 97.3 Å². The Morgan fingerprint density at radius 2 is 2.06 bits per heavy atom. The highest BCUT2D eigenvalue weighted by Crippen LogP contribution is 2.34. The Hall–Kier alpha value is -1.31. The van der Waals surface area contributed by atoms with Gasteiger partial charge in [0.05, 0.1) is 0 Å². The predicted octanol–water partition coefficient (Wildman–Crippen LogP) is 2.93. The zero-order valence-electron chi connectivity index (χ0n) is 10.4. The molecule has 1 aromatic carbocycles. The normalized spacial score (nSPS) is 24.1. The van der Waals surface area contributed by atoms with Crippen molar-refractivity contribution in [2.45, 2.75) is 40.2 Å². The molecular formula is C14H19NO. The van der Waals surface area contributed by atoms with Crippen molar-refractivity contribution in [2.24, 2.45) is 5.92 Å². The maximum absolute atomic E-state index is 11.7. The lowest BCUT2D eigenvalue weighted by molar-refractivity contribution is -0.117. The molecule has 16 heavy (non-hydrogen) atoms. The van der Waals surface area contributed by atoms with Crippen LogP contribution in [0.1, 0.15) is 31.9 Å². The maximum atomic E-state index is 11.7. The summed E-state index contributed by atoms with van der Waals surface area (Å²) < 4.78 is 0. The van der Waals surface area contributed by atoms with E-state index in [0.717, 1.165) is 12.1 Å². The lowest BCUT2D eigenvalue weighted by Crippen LogP contribution is -2.45. The molecule has 0 bridgehead atoms. The second-order valence-corrected chi connectivity index (χ2v) is 4.94. The molecule has 0 saturated carbocycles. The summed E-state index contributed by atoms with van der Waals surface area (Å²) in [6, 6.07) is 6.66. The molecule has 0 spiro atoms. The van der Waals surface area contributed by atoms with Crippen molar-refractivity contribution in [1.82, 2.24) is 0 Å². The Morgan fingerprint density at radius 1 is 1.38 bits per heavy atom. The quantitative estimate of drug-likeness (QED) is 0.654. The number of anilines is 1. The van der Waals surface area contributed by atoms with Gasteiger partial charge in [-0.25, -0.2) is 0 Å². The third-order valence-electron chi connectivity index (χ3n) is 3.61. The molecule has 1 aliphatic rings. The lowest BCUT2D eigenvalue weighted by atomic mass is 9.87. The van der Waals surface area contributed by atoms with E-state index in [9.17, 15) is 4.79 Å². The minimum Gasteiger partial charge on any atom is -0.309 e. The van der Waals surface area contributed by atoms with Gasteiger partial charge in [-0.2, -0.15) is 0 Å². The second-order valence-electron chi connectivity index (χ2n) is 4.94. The molecule has 0 radical (unpaired) electrons. The van der Waals surface area contributed by atoms with Crippen molar-refractivity contribution in [3.8, 4) is 0 Å². The highest BCUT2D eigenvalue weighted by molar-refractivity contribution is 5.93. The number of aryl methyl sites for hydroxylation is 1. The van der Waals surface area contributed by atoms with Gasteiger partial charge in [-0.05, 0) is 37.8 Å². The number of benzene rings is 1. The van der Waals surface area contributed by atoms with Crippen molar-refractivity contribution in [2.75, 3.05) is 4.90 Å². The summed E-state index contributed by atoms with van der Waals surface area (Å²) in [5.41, 5.74) is 3.67. The van der Waals surface area contributed by atoms with E-state index < -0.39 is 0 Å². The van der Waals surface area contributed by atoms with E-state index in [1.165, 1.54) is 11.1 Å². The van der Waals surface area contributed by atoms with Gasteiger partial charge >= 0.3 is 0 Å². The molecule has 2 heteroatoms. The van der Waals surface area contributed by atoms with Crippen molar-refractivity contribution in [1.29, 1.82) is 0 Å². The first-order valence-electron chi connectivity index (χ1n) is 5.90.